The summed E-state index contributed by atoms with van der Waals surface area (Å²) in [5.74, 6) is -0.916. The number of halogens is 2. The lowest BCUT2D eigenvalue weighted by Gasteiger charge is -2.20. The first-order valence-electron chi connectivity index (χ1n) is 5.43. The molecule has 0 aliphatic rings. The number of carbonyl (C=O) groups is 2. The zero-order valence-electron chi connectivity index (χ0n) is 10.5. The fraction of sp³-hybridized carbons (Fsp3) is 0.333. The zero-order chi connectivity index (χ0) is 13.7. The van der Waals surface area contributed by atoms with Crippen LogP contribution in [0, 0.1) is 0 Å². The molecule has 1 aromatic rings. The first kappa shape index (κ1) is 17.7. The molecule has 106 valence electrons. The molecule has 1 atom stereocenters. The van der Waals surface area contributed by atoms with E-state index in [0.717, 1.165) is 5.56 Å². The molecule has 2 amide bonds. The van der Waals surface area contributed by atoms with Gasteiger partial charge in [-0.3, -0.25) is 9.59 Å². The Kier molecular flexibility index (Phi) is 7.44. The molecule has 0 saturated carbocycles. The third-order valence-electron chi connectivity index (χ3n) is 2.42. The molecule has 19 heavy (non-hydrogen) atoms. The Balaban J connectivity index is 0.00000324. The molecule has 7 heteroatoms. The first-order valence-corrected chi connectivity index (χ1v) is 5.81. The predicted octanol–water partition coefficient (Wildman–Crippen LogP) is 0.923. The van der Waals surface area contributed by atoms with Crippen LogP contribution >= 0.6 is 24.0 Å². The second-order valence-corrected chi connectivity index (χ2v) is 4.54. The van der Waals surface area contributed by atoms with Crippen LogP contribution in [0.15, 0.2) is 24.3 Å². The minimum Gasteiger partial charge on any atom is -0.370 e. The number of primary amides is 1. The first-order chi connectivity index (χ1) is 8.40. The van der Waals surface area contributed by atoms with Gasteiger partial charge < -0.3 is 16.4 Å². The summed E-state index contributed by atoms with van der Waals surface area (Å²) in [6.07, 6.45) is -0.154. The lowest BCUT2D eigenvalue weighted by molar-refractivity contribution is -0.133. The van der Waals surface area contributed by atoms with Crippen LogP contribution in [0.25, 0.3) is 0 Å². The Morgan fingerprint density at radius 3 is 2.58 bits per heavy atom. The Bertz CT molecular complexity index is 454. The number of likely N-dealkylation sites (N-methyl/N-ethyl adjacent to an activating group) is 1. The summed E-state index contributed by atoms with van der Waals surface area (Å²) in [7, 11) is 1.62. The smallest absolute Gasteiger partial charge is 0.240 e. The van der Waals surface area contributed by atoms with Gasteiger partial charge in [-0.1, -0.05) is 23.7 Å². The van der Waals surface area contributed by atoms with Crippen molar-refractivity contribution in [2.45, 2.75) is 19.0 Å². The van der Waals surface area contributed by atoms with Gasteiger partial charge in [0, 0.05) is 18.6 Å². The van der Waals surface area contributed by atoms with Crippen molar-refractivity contribution in [1.29, 1.82) is 0 Å². The quantitative estimate of drug-likeness (QED) is 0.848. The van der Waals surface area contributed by atoms with E-state index in [1.165, 1.54) is 4.90 Å². The van der Waals surface area contributed by atoms with E-state index in [2.05, 4.69) is 0 Å². The van der Waals surface area contributed by atoms with E-state index >= 15 is 0 Å². The molecule has 5 nitrogen and oxygen atoms in total. The monoisotopic (exact) mass is 305 g/mol. The fourth-order valence-corrected chi connectivity index (χ4v) is 1.79. The summed E-state index contributed by atoms with van der Waals surface area (Å²) in [6, 6.07) is 6.29. The minimum atomic E-state index is -0.897. The Morgan fingerprint density at radius 2 is 2.05 bits per heavy atom. The molecule has 0 fully saturated rings. The maximum atomic E-state index is 11.8. The molecule has 0 aromatic heterocycles. The largest absolute Gasteiger partial charge is 0.370 e. The van der Waals surface area contributed by atoms with Gasteiger partial charge in [-0.15, -0.1) is 12.4 Å². The molecule has 0 spiro atoms. The highest BCUT2D eigenvalue weighted by Gasteiger charge is 2.19. The highest BCUT2D eigenvalue weighted by molar-refractivity contribution is 6.30. The molecular weight excluding hydrogens is 289 g/mol. The molecule has 0 aliphatic carbocycles. The molecule has 1 aromatic carbocycles. The van der Waals surface area contributed by atoms with Crippen LogP contribution in [0.2, 0.25) is 5.02 Å². The molecule has 1 rings (SSSR count). The second kappa shape index (κ2) is 7.99. The van der Waals surface area contributed by atoms with Crippen molar-refractivity contribution in [2.24, 2.45) is 11.5 Å². The van der Waals surface area contributed by atoms with Gasteiger partial charge in [-0.2, -0.15) is 0 Å². The maximum absolute atomic E-state index is 11.8. The highest BCUT2D eigenvalue weighted by Crippen LogP contribution is 2.12. The lowest BCUT2D eigenvalue weighted by atomic mass is 10.1. The van der Waals surface area contributed by atoms with Crippen molar-refractivity contribution in [3.63, 3.8) is 0 Å². The Labute approximate surface area is 123 Å². The molecule has 0 bridgehead atoms. The summed E-state index contributed by atoms with van der Waals surface area (Å²) in [5, 5.41) is 0.606. The van der Waals surface area contributed by atoms with Crippen LogP contribution in [-0.2, 0) is 16.1 Å². The maximum Gasteiger partial charge on any atom is 0.240 e. The number of benzene rings is 1. The van der Waals surface area contributed by atoms with Crippen LogP contribution in [0.3, 0.4) is 0 Å². The highest BCUT2D eigenvalue weighted by atomic mass is 35.5. The topological polar surface area (TPSA) is 89.4 Å². The van der Waals surface area contributed by atoms with Crippen molar-refractivity contribution >= 4 is 35.8 Å². The van der Waals surface area contributed by atoms with Crippen LogP contribution in [0.4, 0.5) is 0 Å². The summed E-state index contributed by atoms with van der Waals surface area (Å²) in [5.41, 5.74) is 11.5. The molecule has 0 heterocycles. The third-order valence-corrected chi connectivity index (χ3v) is 2.66. The summed E-state index contributed by atoms with van der Waals surface area (Å²) >= 11 is 5.85. The summed E-state index contributed by atoms with van der Waals surface area (Å²) < 4.78 is 0. The number of amides is 2. The van der Waals surface area contributed by atoms with Gasteiger partial charge in [0.05, 0.1) is 12.5 Å². The number of nitrogens with two attached hydrogens (primary N) is 2. The van der Waals surface area contributed by atoms with Gasteiger partial charge >= 0.3 is 0 Å². The van der Waals surface area contributed by atoms with E-state index in [0.29, 0.717) is 11.6 Å². The van der Waals surface area contributed by atoms with Gasteiger partial charge in [-0.05, 0) is 17.7 Å². The average molecular weight is 306 g/mol. The van der Waals surface area contributed by atoms with Gasteiger partial charge in [0.2, 0.25) is 11.8 Å². The Morgan fingerprint density at radius 1 is 1.42 bits per heavy atom. The fourth-order valence-electron chi connectivity index (χ4n) is 1.57. The number of hydrogen-bond donors (Lipinski definition) is 2. The van der Waals surface area contributed by atoms with Crippen LogP contribution in [0.5, 0.6) is 0 Å². The average Bonchev–Trinajstić information content (AvgIpc) is 2.27. The lowest BCUT2D eigenvalue weighted by Crippen LogP contribution is -2.43. The standard InChI is InChI=1S/C12H16ClN3O2.ClH/c1-16(12(18)10(14)6-11(15)17)7-8-3-2-4-9(13)5-8;/h2-5,10H,6-7,14H2,1H3,(H2,15,17);1H. The van der Waals surface area contributed by atoms with Crippen LogP contribution in [-0.4, -0.2) is 29.8 Å². The molecule has 0 radical (unpaired) electrons. The van der Waals surface area contributed by atoms with Crippen LogP contribution < -0.4 is 11.5 Å². The SMILES string of the molecule is CN(Cc1cccc(Cl)c1)C(=O)C(N)CC(N)=O.Cl. The van der Waals surface area contributed by atoms with E-state index in [9.17, 15) is 9.59 Å². The van der Waals surface area contributed by atoms with Gasteiger partial charge in [0.1, 0.15) is 0 Å². The molecular formula is C12H17Cl2N3O2. The third kappa shape index (κ3) is 5.92. The van der Waals surface area contributed by atoms with Crippen molar-refractivity contribution in [3.8, 4) is 0 Å². The van der Waals surface area contributed by atoms with E-state index in [1.54, 1.807) is 25.2 Å². The van der Waals surface area contributed by atoms with Crippen molar-refractivity contribution in [2.75, 3.05) is 7.05 Å². The minimum absolute atomic E-state index is 0. The molecule has 1 unspecified atom stereocenters. The van der Waals surface area contributed by atoms with Crippen molar-refractivity contribution in [1.82, 2.24) is 4.90 Å². The van der Waals surface area contributed by atoms with Crippen molar-refractivity contribution in [3.05, 3.63) is 34.9 Å². The molecule has 0 aliphatic heterocycles. The van der Waals surface area contributed by atoms with E-state index in [1.807, 2.05) is 6.07 Å². The van der Waals surface area contributed by atoms with Crippen molar-refractivity contribution < 1.29 is 9.59 Å². The number of hydrogen-bond acceptors (Lipinski definition) is 3. The predicted molar refractivity (Wildman–Crippen MR) is 77.0 cm³/mol. The van der Waals surface area contributed by atoms with Gasteiger partial charge in [0.15, 0.2) is 0 Å². The van der Waals surface area contributed by atoms with E-state index in [4.69, 9.17) is 23.1 Å². The number of rotatable bonds is 5. The summed E-state index contributed by atoms with van der Waals surface area (Å²) in [4.78, 5) is 24.0. The molecule has 4 N–H and O–H groups in total. The summed E-state index contributed by atoms with van der Waals surface area (Å²) in [6.45, 7) is 0.381. The van der Waals surface area contributed by atoms with E-state index < -0.39 is 11.9 Å². The van der Waals surface area contributed by atoms with Gasteiger partial charge in [-0.25, -0.2) is 0 Å². The Hall–Kier alpha value is -1.30. The zero-order valence-corrected chi connectivity index (χ0v) is 12.1. The molecule has 0 saturated heterocycles. The second-order valence-electron chi connectivity index (χ2n) is 4.10. The van der Waals surface area contributed by atoms with E-state index in [-0.39, 0.29) is 24.7 Å². The van der Waals surface area contributed by atoms with Gasteiger partial charge in [0.25, 0.3) is 0 Å². The van der Waals surface area contributed by atoms with Crippen LogP contribution in [0.1, 0.15) is 12.0 Å². The normalized spacial score (nSPS) is 11.3. The number of nitrogens with zero attached hydrogens (tertiary/aromatic N) is 1. The number of carbonyl (C=O) groups excluding carboxylic acids is 2.